The molecule has 0 unspecified atom stereocenters. The molecule has 7 nitrogen and oxygen atoms in total. The van der Waals surface area contributed by atoms with Crippen LogP contribution in [0.1, 0.15) is 43.0 Å². The van der Waals surface area contributed by atoms with Gasteiger partial charge in [0.05, 0.1) is 17.3 Å². The molecule has 2 rings (SSSR count). The van der Waals surface area contributed by atoms with Crippen LogP contribution in [0.25, 0.3) is 0 Å². The zero-order valence-electron chi connectivity index (χ0n) is 15.0. The van der Waals surface area contributed by atoms with Crippen molar-refractivity contribution in [2.75, 3.05) is 19.5 Å². The molecule has 0 aliphatic heterocycles. The molecule has 0 aromatic heterocycles. The Kier molecular flexibility index (Phi) is 6.41. The van der Waals surface area contributed by atoms with Crippen LogP contribution < -0.4 is 5.32 Å². The smallest absolute Gasteiger partial charge is 0.329 e. The number of amides is 1. The second kappa shape index (κ2) is 8.18. The molecule has 0 spiro atoms. The first-order chi connectivity index (χ1) is 12.2. The molecule has 0 saturated heterocycles. The molecule has 1 fully saturated rings. The lowest BCUT2D eigenvalue weighted by Crippen LogP contribution is -2.56. The van der Waals surface area contributed by atoms with E-state index in [1.165, 1.54) is 31.4 Å². The predicted octanol–water partition coefficient (Wildman–Crippen LogP) is 1.87. The number of sulfone groups is 1. The molecular formula is C18H25NO6S. The predicted molar refractivity (Wildman–Crippen MR) is 95.8 cm³/mol. The molecule has 0 atom stereocenters. The molecule has 0 bridgehead atoms. The Labute approximate surface area is 153 Å². The van der Waals surface area contributed by atoms with Crippen LogP contribution in [-0.4, -0.2) is 50.4 Å². The van der Waals surface area contributed by atoms with Crippen molar-refractivity contribution in [3.63, 3.8) is 0 Å². The summed E-state index contributed by atoms with van der Waals surface area (Å²) in [6.07, 6.45) is 2.25. The van der Waals surface area contributed by atoms with Gasteiger partial charge in [0.1, 0.15) is 5.54 Å². The Bertz CT molecular complexity index is 748. The lowest BCUT2D eigenvalue weighted by Gasteiger charge is -2.36. The summed E-state index contributed by atoms with van der Waals surface area (Å²) in [5.41, 5.74) is -1.03. The minimum Gasteiger partial charge on any atom is -0.480 e. The third kappa shape index (κ3) is 4.62. The molecule has 1 aliphatic rings. The molecule has 144 valence electrons. The Morgan fingerprint density at radius 2 is 1.81 bits per heavy atom. The number of ether oxygens (including phenoxy) is 1. The SMILES string of the molecule is COCCS(=O)(=O)c1ccc(C(=O)NC2(C(=O)O)CCC(C)CC2)cc1. The lowest BCUT2D eigenvalue weighted by atomic mass is 9.77. The van der Waals surface area contributed by atoms with Crippen LogP contribution >= 0.6 is 0 Å². The van der Waals surface area contributed by atoms with Crippen molar-refractivity contribution in [2.24, 2.45) is 5.92 Å². The number of hydrogen-bond acceptors (Lipinski definition) is 5. The topological polar surface area (TPSA) is 110 Å². The molecule has 1 aromatic carbocycles. The maximum absolute atomic E-state index is 12.5. The van der Waals surface area contributed by atoms with Gasteiger partial charge in [0, 0.05) is 12.7 Å². The number of benzene rings is 1. The van der Waals surface area contributed by atoms with Gasteiger partial charge in [-0.05, 0) is 55.9 Å². The summed E-state index contributed by atoms with van der Waals surface area (Å²) in [6.45, 7) is 2.15. The molecule has 1 aliphatic carbocycles. The van der Waals surface area contributed by atoms with Crippen LogP contribution in [-0.2, 0) is 19.4 Å². The van der Waals surface area contributed by atoms with E-state index in [0.717, 1.165) is 12.8 Å². The van der Waals surface area contributed by atoms with Gasteiger partial charge in [-0.15, -0.1) is 0 Å². The highest BCUT2D eigenvalue weighted by atomic mass is 32.2. The van der Waals surface area contributed by atoms with Crippen molar-refractivity contribution in [3.8, 4) is 0 Å². The standard InChI is InChI=1S/C18H25NO6S/c1-13-7-9-18(10-8-13,17(21)22)19-16(20)14-3-5-15(6-4-14)26(23,24)12-11-25-2/h3-6,13H,7-12H2,1-2H3,(H,19,20)(H,21,22). The zero-order valence-corrected chi connectivity index (χ0v) is 15.8. The number of carboxylic acid groups (broad SMARTS) is 1. The molecule has 1 saturated carbocycles. The van der Waals surface area contributed by atoms with Crippen LogP contribution in [0.5, 0.6) is 0 Å². The van der Waals surface area contributed by atoms with Crippen LogP contribution in [0, 0.1) is 5.92 Å². The molecule has 1 amide bonds. The number of hydrogen-bond donors (Lipinski definition) is 2. The van der Waals surface area contributed by atoms with E-state index in [1.54, 1.807) is 0 Å². The number of methoxy groups -OCH3 is 1. The van der Waals surface area contributed by atoms with Gasteiger partial charge >= 0.3 is 5.97 Å². The third-order valence-corrected chi connectivity index (χ3v) is 6.62. The van der Waals surface area contributed by atoms with Gasteiger partial charge in [-0.3, -0.25) is 4.79 Å². The number of nitrogens with one attached hydrogen (secondary N) is 1. The molecule has 26 heavy (non-hydrogen) atoms. The van der Waals surface area contributed by atoms with Crippen LogP contribution in [0.15, 0.2) is 29.2 Å². The highest BCUT2D eigenvalue weighted by molar-refractivity contribution is 7.91. The van der Waals surface area contributed by atoms with E-state index in [1.807, 2.05) is 0 Å². The summed E-state index contributed by atoms with van der Waals surface area (Å²) >= 11 is 0. The summed E-state index contributed by atoms with van der Waals surface area (Å²) in [5, 5.41) is 12.3. The Morgan fingerprint density at radius 3 is 2.31 bits per heavy atom. The molecule has 0 radical (unpaired) electrons. The minimum atomic E-state index is -3.47. The van der Waals surface area contributed by atoms with Gasteiger partial charge in [-0.1, -0.05) is 6.92 Å². The highest BCUT2D eigenvalue weighted by Gasteiger charge is 2.42. The van der Waals surface area contributed by atoms with Gasteiger partial charge < -0.3 is 15.2 Å². The van der Waals surface area contributed by atoms with Crippen LogP contribution in [0.4, 0.5) is 0 Å². The van der Waals surface area contributed by atoms with E-state index in [9.17, 15) is 23.1 Å². The fourth-order valence-electron chi connectivity index (χ4n) is 3.06. The van der Waals surface area contributed by atoms with E-state index < -0.39 is 27.3 Å². The van der Waals surface area contributed by atoms with E-state index in [2.05, 4.69) is 12.2 Å². The van der Waals surface area contributed by atoms with Crippen molar-refractivity contribution in [2.45, 2.75) is 43.0 Å². The Hall–Kier alpha value is -1.93. The summed E-state index contributed by atoms with van der Waals surface area (Å²) in [6, 6.07) is 5.51. The average Bonchev–Trinajstić information content (AvgIpc) is 2.62. The molecule has 1 aromatic rings. The number of rotatable bonds is 7. The van der Waals surface area contributed by atoms with Gasteiger partial charge in [0.15, 0.2) is 9.84 Å². The van der Waals surface area contributed by atoms with Crippen molar-refractivity contribution >= 4 is 21.7 Å². The zero-order chi connectivity index (χ0) is 19.4. The van der Waals surface area contributed by atoms with Gasteiger partial charge in [0.2, 0.25) is 0 Å². The molecular weight excluding hydrogens is 358 g/mol. The van der Waals surface area contributed by atoms with Crippen molar-refractivity contribution in [1.29, 1.82) is 0 Å². The monoisotopic (exact) mass is 383 g/mol. The number of carboxylic acids is 1. The summed E-state index contributed by atoms with van der Waals surface area (Å²) < 4.78 is 29.0. The maximum Gasteiger partial charge on any atom is 0.329 e. The average molecular weight is 383 g/mol. The van der Waals surface area contributed by atoms with Crippen molar-refractivity contribution in [1.82, 2.24) is 5.32 Å². The summed E-state index contributed by atoms with van der Waals surface area (Å²) in [5.74, 6) is -1.25. The van der Waals surface area contributed by atoms with E-state index in [-0.39, 0.29) is 22.8 Å². The quantitative estimate of drug-likeness (QED) is 0.744. The van der Waals surface area contributed by atoms with Crippen molar-refractivity contribution < 1.29 is 27.9 Å². The minimum absolute atomic E-state index is 0.0874. The fourth-order valence-corrected chi connectivity index (χ4v) is 4.23. The van der Waals surface area contributed by atoms with E-state index in [4.69, 9.17) is 4.74 Å². The molecule has 2 N–H and O–H groups in total. The first-order valence-electron chi connectivity index (χ1n) is 8.58. The number of aliphatic carboxylic acids is 1. The third-order valence-electron chi connectivity index (χ3n) is 4.92. The number of carbonyl (C=O) groups excluding carboxylic acids is 1. The lowest BCUT2D eigenvalue weighted by molar-refractivity contribution is -0.146. The molecule has 0 heterocycles. The van der Waals surface area contributed by atoms with Gasteiger partial charge in [-0.25, -0.2) is 13.2 Å². The highest BCUT2D eigenvalue weighted by Crippen LogP contribution is 2.32. The van der Waals surface area contributed by atoms with Crippen LogP contribution in [0.2, 0.25) is 0 Å². The van der Waals surface area contributed by atoms with Gasteiger partial charge in [-0.2, -0.15) is 0 Å². The first kappa shape index (κ1) is 20.4. The maximum atomic E-state index is 12.5. The van der Waals surface area contributed by atoms with Crippen LogP contribution in [0.3, 0.4) is 0 Å². The second-order valence-corrected chi connectivity index (χ2v) is 8.97. The normalized spacial score (nSPS) is 23.4. The summed E-state index contributed by atoms with van der Waals surface area (Å²) in [4.78, 5) is 24.3. The fraction of sp³-hybridized carbons (Fsp3) is 0.556. The Balaban J connectivity index is 2.13. The van der Waals surface area contributed by atoms with Crippen molar-refractivity contribution in [3.05, 3.63) is 29.8 Å². The first-order valence-corrected chi connectivity index (χ1v) is 10.2. The van der Waals surface area contributed by atoms with E-state index >= 15 is 0 Å². The molecule has 8 heteroatoms. The largest absolute Gasteiger partial charge is 0.480 e. The van der Waals surface area contributed by atoms with E-state index in [0.29, 0.717) is 18.8 Å². The number of carbonyl (C=O) groups is 2. The Morgan fingerprint density at radius 1 is 1.23 bits per heavy atom. The summed E-state index contributed by atoms with van der Waals surface area (Å²) in [7, 11) is -2.05. The van der Waals surface area contributed by atoms with Gasteiger partial charge in [0.25, 0.3) is 5.91 Å². The second-order valence-electron chi connectivity index (χ2n) is 6.86.